The molecule has 0 radical (unpaired) electrons. The zero-order valence-corrected chi connectivity index (χ0v) is 17.8. The minimum absolute atomic E-state index is 0.0521. The van der Waals surface area contributed by atoms with Crippen LogP contribution >= 0.6 is 0 Å². The molecule has 1 amide bonds. The topological polar surface area (TPSA) is 110 Å². The SMILES string of the molecule is CC(Cc1ccc(-c2ccccc2)cc1)C(=O)Nc1cc(C(=O)O)ccc1C(C)[N+](=O)[O-]. The molecule has 0 fully saturated rings. The van der Waals surface area contributed by atoms with E-state index in [0.29, 0.717) is 6.42 Å². The molecule has 2 unspecified atom stereocenters. The van der Waals surface area contributed by atoms with E-state index in [4.69, 9.17) is 0 Å². The van der Waals surface area contributed by atoms with Gasteiger partial charge in [-0.05, 0) is 41.3 Å². The van der Waals surface area contributed by atoms with Crippen molar-refractivity contribution in [3.05, 3.63) is 99.6 Å². The number of benzene rings is 3. The number of hydrogen-bond acceptors (Lipinski definition) is 4. The van der Waals surface area contributed by atoms with E-state index in [9.17, 15) is 24.8 Å². The number of nitrogens with one attached hydrogen (secondary N) is 1. The molecule has 32 heavy (non-hydrogen) atoms. The van der Waals surface area contributed by atoms with Crippen molar-refractivity contribution < 1.29 is 19.6 Å². The third-order valence-corrected chi connectivity index (χ3v) is 5.37. The fourth-order valence-electron chi connectivity index (χ4n) is 3.44. The molecule has 3 aromatic carbocycles. The molecule has 7 nitrogen and oxygen atoms in total. The standard InChI is InChI=1S/C25H24N2O5/c1-16(14-18-8-10-20(11-9-18)19-6-4-3-5-7-19)24(28)26-23-15-21(25(29)30)12-13-22(23)17(2)27(31)32/h3-13,15-17H,14H2,1-2H3,(H,26,28)(H,29,30). The summed E-state index contributed by atoms with van der Waals surface area (Å²) in [5.41, 5.74) is 3.51. The van der Waals surface area contributed by atoms with Crippen molar-refractivity contribution in [1.82, 2.24) is 0 Å². The van der Waals surface area contributed by atoms with Crippen LogP contribution in [0.2, 0.25) is 0 Å². The second-order valence-electron chi connectivity index (χ2n) is 7.73. The number of aromatic carboxylic acids is 1. The van der Waals surface area contributed by atoms with E-state index in [2.05, 4.69) is 5.32 Å². The van der Waals surface area contributed by atoms with Crippen LogP contribution in [0.4, 0.5) is 5.69 Å². The van der Waals surface area contributed by atoms with Gasteiger partial charge < -0.3 is 10.4 Å². The van der Waals surface area contributed by atoms with Gasteiger partial charge >= 0.3 is 5.97 Å². The molecule has 0 spiro atoms. The highest BCUT2D eigenvalue weighted by Gasteiger charge is 2.24. The predicted molar refractivity (Wildman–Crippen MR) is 122 cm³/mol. The van der Waals surface area contributed by atoms with Crippen molar-refractivity contribution in [2.24, 2.45) is 5.92 Å². The van der Waals surface area contributed by atoms with Crippen LogP contribution in [0.25, 0.3) is 11.1 Å². The Morgan fingerprint density at radius 1 is 0.969 bits per heavy atom. The van der Waals surface area contributed by atoms with Crippen LogP contribution in [0.3, 0.4) is 0 Å². The molecule has 0 aromatic heterocycles. The second kappa shape index (κ2) is 9.87. The molecule has 0 aliphatic heterocycles. The van der Waals surface area contributed by atoms with E-state index in [1.54, 1.807) is 6.92 Å². The van der Waals surface area contributed by atoms with Crippen LogP contribution in [-0.2, 0) is 11.2 Å². The molecule has 0 aliphatic carbocycles. The molecule has 0 heterocycles. The maximum absolute atomic E-state index is 12.8. The minimum Gasteiger partial charge on any atom is -0.478 e. The van der Waals surface area contributed by atoms with Gasteiger partial charge in [0.15, 0.2) is 0 Å². The molecule has 3 rings (SSSR count). The lowest BCUT2D eigenvalue weighted by molar-refractivity contribution is -0.524. The largest absolute Gasteiger partial charge is 0.478 e. The maximum atomic E-state index is 12.8. The quantitative estimate of drug-likeness (QED) is 0.375. The second-order valence-corrected chi connectivity index (χ2v) is 7.73. The van der Waals surface area contributed by atoms with Crippen molar-refractivity contribution in [2.45, 2.75) is 26.3 Å². The van der Waals surface area contributed by atoms with Crippen LogP contribution in [0.5, 0.6) is 0 Å². The Morgan fingerprint density at radius 2 is 1.59 bits per heavy atom. The minimum atomic E-state index is -1.17. The number of carbonyl (C=O) groups is 2. The molecule has 0 saturated carbocycles. The van der Waals surface area contributed by atoms with Gasteiger partial charge in [0.05, 0.1) is 11.3 Å². The number of carboxylic acid groups (broad SMARTS) is 1. The Labute approximate surface area is 185 Å². The third kappa shape index (κ3) is 5.37. The third-order valence-electron chi connectivity index (χ3n) is 5.37. The van der Waals surface area contributed by atoms with Gasteiger partial charge in [-0.15, -0.1) is 0 Å². The average Bonchev–Trinajstić information content (AvgIpc) is 2.79. The van der Waals surface area contributed by atoms with E-state index >= 15 is 0 Å². The number of anilines is 1. The Bertz CT molecular complexity index is 1130. The van der Waals surface area contributed by atoms with Crippen molar-refractivity contribution in [3.63, 3.8) is 0 Å². The number of hydrogen-bond donors (Lipinski definition) is 2. The summed E-state index contributed by atoms with van der Waals surface area (Å²) in [6.45, 7) is 3.15. The normalized spacial score (nSPS) is 12.6. The van der Waals surface area contributed by atoms with Gasteiger partial charge in [-0.25, -0.2) is 4.79 Å². The monoisotopic (exact) mass is 432 g/mol. The van der Waals surface area contributed by atoms with E-state index in [-0.39, 0.29) is 22.7 Å². The summed E-state index contributed by atoms with van der Waals surface area (Å²) >= 11 is 0. The lowest BCUT2D eigenvalue weighted by Crippen LogP contribution is -2.24. The van der Waals surface area contributed by atoms with Crippen molar-refractivity contribution in [2.75, 3.05) is 5.32 Å². The summed E-state index contributed by atoms with van der Waals surface area (Å²) in [5, 5.41) is 23.2. The number of nitro groups is 1. The summed E-state index contributed by atoms with van der Waals surface area (Å²) in [7, 11) is 0. The molecule has 7 heteroatoms. The van der Waals surface area contributed by atoms with E-state index < -0.39 is 22.9 Å². The smallest absolute Gasteiger partial charge is 0.335 e. The number of amides is 1. The maximum Gasteiger partial charge on any atom is 0.335 e. The van der Waals surface area contributed by atoms with Crippen molar-refractivity contribution in [1.29, 1.82) is 0 Å². The van der Waals surface area contributed by atoms with E-state index in [1.165, 1.54) is 25.1 Å². The number of carbonyl (C=O) groups excluding carboxylic acids is 1. The predicted octanol–water partition coefficient (Wildman–Crippen LogP) is 5.21. The van der Waals surface area contributed by atoms with E-state index in [0.717, 1.165) is 16.7 Å². The zero-order chi connectivity index (χ0) is 23.3. The number of rotatable bonds is 8. The molecule has 2 N–H and O–H groups in total. The summed E-state index contributed by atoms with van der Waals surface area (Å²) in [6, 6.07) is 20.8. The van der Waals surface area contributed by atoms with Gasteiger partial charge in [-0.2, -0.15) is 0 Å². The zero-order valence-electron chi connectivity index (χ0n) is 17.8. The molecular weight excluding hydrogens is 408 g/mol. The highest BCUT2D eigenvalue weighted by atomic mass is 16.6. The highest BCUT2D eigenvalue weighted by molar-refractivity contribution is 5.96. The van der Waals surface area contributed by atoms with Crippen molar-refractivity contribution in [3.8, 4) is 11.1 Å². The first kappa shape index (κ1) is 22.7. The Morgan fingerprint density at radius 3 is 2.19 bits per heavy atom. The van der Waals surface area contributed by atoms with Crippen LogP contribution < -0.4 is 5.32 Å². The molecule has 0 aliphatic rings. The van der Waals surface area contributed by atoms with Crippen molar-refractivity contribution >= 4 is 17.6 Å². The Kier molecular flexibility index (Phi) is 7.00. The fourth-order valence-corrected chi connectivity index (χ4v) is 3.44. The Hall–Kier alpha value is -4.00. The fraction of sp³-hybridized carbons (Fsp3) is 0.200. The number of nitrogens with zero attached hydrogens (tertiary/aromatic N) is 1. The van der Waals surface area contributed by atoms with Crippen LogP contribution in [0.15, 0.2) is 72.8 Å². The average molecular weight is 432 g/mol. The molecule has 164 valence electrons. The highest BCUT2D eigenvalue weighted by Crippen LogP contribution is 2.27. The van der Waals surface area contributed by atoms with Gasteiger partial charge in [0.25, 0.3) is 0 Å². The van der Waals surface area contributed by atoms with Gasteiger partial charge in [0, 0.05) is 23.3 Å². The molecule has 3 aromatic rings. The lowest BCUT2D eigenvalue weighted by atomic mass is 9.97. The molecule has 0 saturated heterocycles. The summed E-state index contributed by atoms with van der Waals surface area (Å²) in [6.07, 6.45) is 0.472. The first-order valence-electron chi connectivity index (χ1n) is 10.2. The van der Waals surface area contributed by atoms with Gasteiger partial charge in [0.1, 0.15) is 0 Å². The van der Waals surface area contributed by atoms with E-state index in [1.807, 2.05) is 54.6 Å². The van der Waals surface area contributed by atoms with Gasteiger partial charge in [-0.1, -0.05) is 61.5 Å². The summed E-state index contributed by atoms with van der Waals surface area (Å²) in [4.78, 5) is 34.9. The first-order valence-corrected chi connectivity index (χ1v) is 10.2. The summed E-state index contributed by atoms with van der Waals surface area (Å²) < 4.78 is 0. The molecule has 2 atom stereocenters. The van der Waals surface area contributed by atoms with Crippen LogP contribution in [-0.4, -0.2) is 21.9 Å². The lowest BCUT2D eigenvalue weighted by Gasteiger charge is -2.16. The molecule has 0 bridgehead atoms. The Balaban J connectivity index is 1.74. The van der Waals surface area contributed by atoms with Crippen LogP contribution in [0.1, 0.15) is 41.4 Å². The van der Waals surface area contributed by atoms with Gasteiger partial charge in [0.2, 0.25) is 11.9 Å². The van der Waals surface area contributed by atoms with Gasteiger partial charge in [-0.3, -0.25) is 14.9 Å². The summed E-state index contributed by atoms with van der Waals surface area (Å²) in [5.74, 6) is -1.94. The van der Waals surface area contributed by atoms with Crippen LogP contribution in [0, 0.1) is 16.0 Å². The number of carboxylic acids is 1. The molecular formula is C25H24N2O5. The first-order chi connectivity index (χ1) is 15.3.